The number of piperidine rings is 1. The van der Waals surface area contributed by atoms with Crippen molar-refractivity contribution in [3.05, 3.63) is 66.5 Å². The van der Waals surface area contributed by atoms with Crippen LogP contribution in [0.1, 0.15) is 31.4 Å². The Kier molecular flexibility index (Phi) is 6.97. The first-order valence-electron chi connectivity index (χ1n) is 11.0. The monoisotopic (exact) mass is 431 g/mol. The van der Waals surface area contributed by atoms with Crippen LogP contribution in [-0.2, 0) is 4.79 Å². The molecule has 32 heavy (non-hydrogen) atoms. The summed E-state index contributed by atoms with van der Waals surface area (Å²) in [5.41, 5.74) is 3.57. The van der Waals surface area contributed by atoms with E-state index in [4.69, 9.17) is 9.72 Å². The third-order valence-electron chi connectivity index (χ3n) is 5.69. The number of carbonyl (C=O) groups is 1. The fourth-order valence-electron chi connectivity index (χ4n) is 3.87. The number of methoxy groups -OCH3 is 1. The van der Waals surface area contributed by atoms with E-state index in [1.54, 1.807) is 19.5 Å². The van der Waals surface area contributed by atoms with Crippen LogP contribution < -0.4 is 20.7 Å². The molecule has 1 amide bonds. The highest BCUT2D eigenvalue weighted by molar-refractivity contribution is 5.92. The second-order valence-electron chi connectivity index (χ2n) is 8.05. The molecule has 0 bridgehead atoms. The number of nitrogens with one attached hydrogen (secondary N) is 3. The number of benzene rings is 2. The predicted molar refractivity (Wildman–Crippen MR) is 127 cm³/mol. The van der Waals surface area contributed by atoms with E-state index in [1.165, 1.54) is 0 Å². The molecule has 2 heterocycles. The molecule has 166 valence electrons. The van der Waals surface area contributed by atoms with Crippen LogP contribution in [0.15, 0.2) is 60.9 Å². The van der Waals surface area contributed by atoms with Gasteiger partial charge in [-0.15, -0.1) is 0 Å². The molecule has 7 heteroatoms. The van der Waals surface area contributed by atoms with Crippen molar-refractivity contribution >= 4 is 17.4 Å². The van der Waals surface area contributed by atoms with Gasteiger partial charge in [0.25, 0.3) is 0 Å². The molecule has 0 spiro atoms. The highest BCUT2D eigenvalue weighted by Crippen LogP contribution is 2.25. The Morgan fingerprint density at radius 1 is 1.19 bits per heavy atom. The number of hydrogen-bond donors (Lipinski definition) is 3. The van der Waals surface area contributed by atoms with Gasteiger partial charge < -0.3 is 20.7 Å². The van der Waals surface area contributed by atoms with Gasteiger partial charge in [0.1, 0.15) is 11.6 Å². The smallest absolute Gasteiger partial charge is 0.228 e. The summed E-state index contributed by atoms with van der Waals surface area (Å²) in [5, 5.41) is 9.77. The Bertz CT molecular complexity index is 1070. The molecule has 2 aromatic carbocycles. The largest absolute Gasteiger partial charge is 0.497 e. The molecule has 0 aliphatic carbocycles. The molecule has 2 atom stereocenters. The van der Waals surface area contributed by atoms with E-state index in [0.29, 0.717) is 5.82 Å². The minimum atomic E-state index is -0.0157. The summed E-state index contributed by atoms with van der Waals surface area (Å²) in [4.78, 5) is 21.6. The van der Waals surface area contributed by atoms with Crippen LogP contribution in [0.4, 0.5) is 11.5 Å². The maximum atomic E-state index is 12.6. The van der Waals surface area contributed by atoms with Crippen LogP contribution in [0.2, 0.25) is 0 Å². The molecule has 0 saturated carbocycles. The second kappa shape index (κ2) is 10.2. The number of anilines is 2. The molecule has 1 fully saturated rings. The Balaban J connectivity index is 1.44. The second-order valence-corrected chi connectivity index (χ2v) is 8.05. The Morgan fingerprint density at radius 3 is 2.88 bits per heavy atom. The van der Waals surface area contributed by atoms with Gasteiger partial charge >= 0.3 is 0 Å². The van der Waals surface area contributed by atoms with Crippen molar-refractivity contribution in [2.24, 2.45) is 5.92 Å². The SMILES string of the molecule is COc1cccc(-c2cncc(N[C@@H](C)c3cccc(NC(=O)C4CCCNC4)c3)n2)c1. The van der Waals surface area contributed by atoms with Crippen molar-refractivity contribution in [3.8, 4) is 17.0 Å². The molecule has 1 saturated heterocycles. The van der Waals surface area contributed by atoms with Crippen LogP contribution in [0.3, 0.4) is 0 Å². The summed E-state index contributed by atoms with van der Waals surface area (Å²) in [6, 6.07) is 15.7. The van der Waals surface area contributed by atoms with E-state index in [9.17, 15) is 4.79 Å². The van der Waals surface area contributed by atoms with E-state index >= 15 is 0 Å². The molecule has 7 nitrogen and oxygen atoms in total. The van der Waals surface area contributed by atoms with Crippen LogP contribution in [0, 0.1) is 5.92 Å². The van der Waals surface area contributed by atoms with Crippen LogP contribution >= 0.6 is 0 Å². The fourth-order valence-corrected chi connectivity index (χ4v) is 3.87. The van der Waals surface area contributed by atoms with E-state index in [1.807, 2.05) is 48.5 Å². The van der Waals surface area contributed by atoms with E-state index in [-0.39, 0.29) is 17.9 Å². The van der Waals surface area contributed by atoms with Crippen molar-refractivity contribution < 1.29 is 9.53 Å². The summed E-state index contributed by atoms with van der Waals surface area (Å²) < 4.78 is 5.31. The van der Waals surface area contributed by atoms with Crippen molar-refractivity contribution in [3.63, 3.8) is 0 Å². The topological polar surface area (TPSA) is 88.2 Å². The van der Waals surface area contributed by atoms with Gasteiger partial charge in [0.2, 0.25) is 5.91 Å². The van der Waals surface area contributed by atoms with Gasteiger partial charge in [-0.3, -0.25) is 9.78 Å². The van der Waals surface area contributed by atoms with Crippen molar-refractivity contribution in [1.29, 1.82) is 0 Å². The van der Waals surface area contributed by atoms with Crippen molar-refractivity contribution in [2.45, 2.75) is 25.8 Å². The van der Waals surface area contributed by atoms with E-state index in [2.05, 4.69) is 27.9 Å². The molecule has 1 aliphatic heterocycles. The first-order chi connectivity index (χ1) is 15.6. The summed E-state index contributed by atoms with van der Waals surface area (Å²) in [6.07, 6.45) is 5.41. The number of amides is 1. The lowest BCUT2D eigenvalue weighted by Gasteiger charge is -2.22. The molecule has 1 aliphatic rings. The number of rotatable bonds is 7. The van der Waals surface area contributed by atoms with Gasteiger partial charge in [-0.2, -0.15) is 0 Å². The molecule has 4 rings (SSSR count). The number of aromatic nitrogens is 2. The maximum absolute atomic E-state index is 12.6. The highest BCUT2D eigenvalue weighted by Gasteiger charge is 2.21. The number of carbonyl (C=O) groups excluding carboxylic acids is 1. The fraction of sp³-hybridized carbons (Fsp3) is 0.320. The lowest BCUT2D eigenvalue weighted by atomic mass is 9.98. The molecule has 1 unspecified atom stereocenters. The first kappa shape index (κ1) is 21.8. The van der Waals surface area contributed by atoms with Gasteiger partial charge in [-0.25, -0.2) is 4.98 Å². The number of nitrogens with zero attached hydrogens (tertiary/aromatic N) is 2. The quantitative estimate of drug-likeness (QED) is 0.518. The molecule has 3 aromatic rings. The van der Waals surface area contributed by atoms with Gasteiger partial charge in [0, 0.05) is 17.8 Å². The summed E-state index contributed by atoms with van der Waals surface area (Å²) in [7, 11) is 1.65. The lowest BCUT2D eigenvalue weighted by molar-refractivity contribution is -0.120. The zero-order valence-corrected chi connectivity index (χ0v) is 18.5. The summed E-state index contributed by atoms with van der Waals surface area (Å²) in [6.45, 7) is 3.79. The summed E-state index contributed by atoms with van der Waals surface area (Å²) in [5.74, 6) is 1.56. The van der Waals surface area contributed by atoms with E-state index < -0.39 is 0 Å². The van der Waals surface area contributed by atoms with Gasteiger partial charge in [0.05, 0.1) is 37.2 Å². The van der Waals surface area contributed by atoms with Gasteiger partial charge in [-0.1, -0.05) is 24.3 Å². The minimum Gasteiger partial charge on any atom is -0.497 e. The maximum Gasteiger partial charge on any atom is 0.228 e. The number of hydrogen-bond acceptors (Lipinski definition) is 6. The van der Waals surface area contributed by atoms with Crippen LogP contribution in [0.5, 0.6) is 5.75 Å². The third kappa shape index (κ3) is 5.42. The van der Waals surface area contributed by atoms with E-state index in [0.717, 1.165) is 54.2 Å². The average Bonchev–Trinajstić information content (AvgIpc) is 2.85. The van der Waals surface area contributed by atoms with Crippen LogP contribution in [-0.4, -0.2) is 36.1 Å². The van der Waals surface area contributed by atoms with Crippen molar-refractivity contribution in [1.82, 2.24) is 15.3 Å². The first-order valence-corrected chi connectivity index (χ1v) is 11.0. The molecule has 1 aromatic heterocycles. The minimum absolute atomic E-state index is 0.0157. The van der Waals surface area contributed by atoms with Gasteiger partial charge in [0.15, 0.2) is 0 Å². The number of ether oxygens (including phenoxy) is 1. The Morgan fingerprint density at radius 2 is 2.06 bits per heavy atom. The molecule has 0 radical (unpaired) electrons. The summed E-state index contributed by atoms with van der Waals surface area (Å²) >= 11 is 0. The zero-order valence-electron chi connectivity index (χ0n) is 18.5. The zero-order chi connectivity index (χ0) is 22.3. The van der Waals surface area contributed by atoms with Crippen LogP contribution in [0.25, 0.3) is 11.3 Å². The molecular weight excluding hydrogens is 402 g/mol. The highest BCUT2D eigenvalue weighted by atomic mass is 16.5. The lowest BCUT2D eigenvalue weighted by Crippen LogP contribution is -2.37. The standard InChI is InChI=1S/C25H29N5O2/c1-17(18-6-3-9-21(12-18)29-25(31)20-8-5-11-26-14-20)28-24-16-27-15-23(30-24)19-7-4-10-22(13-19)32-2/h3-4,6-7,9-10,12-13,15-17,20,26H,5,8,11,14H2,1-2H3,(H,28,30)(H,29,31)/t17-,20?/m0/s1. The normalized spacial score (nSPS) is 16.8. The Hall–Kier alpha value is -3.45. The average molecular weight is 432 g/mol. The predicted octanol–water partition coefficient (Wildman–Crippen LogP) is 4.26. The third-order valence-corrected chi connectivity index (χ3v) is 5.69. The molecular formula is C25H29N5O2. The Labute approximate surface area is 188 Å². The molecule has 3 N–H and O–H groups in total. The van der Waals surface area contributed by atoms with Crippen molar-refractivity contribution in [2.75, 3.05) is 30.8 Å². The van der Waals surface area contributed by atoms with Gasteiger partial charge in [-0.05, 0) is 56.1 Å².